The molecule has 5 nitrogen and oxygen atoms in total. The summed E-state index contributed by atoms with van der Waals surface area (Å²) in [6.07, 6.45) is 1.44. The minimum Gasteiger partial charge on any atom is -0.494 e. The van der Waals surface area contributed by atoms with E-state index in [0.29, 0.717) is 12.7 Å². The lowest BCUT2D eigenvalue weighted by molar-refractivity contribution is -0.120. The number of halogens is 2. The molecule has 2 rings (SSSR count). The van der Waals surface area contributed by atoms with Crippen LogP contribution in [0.15, 0.2) is 47.6 Å². The highest BCUT2D eigenvalue weighted by molar-refractivity contribution is 5.91. The van der Waals surface area contributed by atoms with Crippen molar-refractivity contribution in [2.75, 3.05) is 18.5 Å². The largest absolute Gasteiger partial charge is 0.494 e. The average molecular weight is 334 g/mol. The Kier molecular flexibility index (Phi) is 6.24. The SMILES string of the molecule is CCOc1ccc(/C=N/OCC(=O)Nc2cc(F)cc(F)c2)cc1. The van der Waals surface area contributed by atoms with E-state index in [0.717, 1.165) is 23.4 Å². The third-order valence-electron chi connectivity index (χ3n) is 2.81. The van der Waals surface area contributed by atoms with Gasteiger partial charge in [0.05, 0.1) is 12.8 Å². The average Bonchev–Trinajstić information content (AvgIpc) is 2.52. The molecule has 2 aromatic rings. The molecule has 2 aromatic carbocycles. The first-order valence-electron chi connectivity index (χ1n) is 7.21. The van der Waals surface area contributed by atoms with Gasteiger partial charge in [0.1, 0.15) is 17.4 Å². The maximum absolute atomic E-state index is 13.0. The van der Waals surface area contributed by atoms with Crippen LogP contribution in [0.4, 0.5) is 14.5 Å². The van der Waals surface area contributed by atoms with Gasteiger partial charge in [0.2, 0.25) is 0 Å². The molecular formula is C17H16F2N2O3. The number of carbonyl (C=O) groups is 1. The van der Waals surface area contributed by atoms with Gasteiger partial charge in [-0.05, 0) is 48.9 Å². The Morgan fingerprint density at radius 3 is 2.46 bits per heavy atom. The molecule has 0 heterocycles. The molecule has 0 saturated carbocycles. The Bertz CT molecular complexity index is 698. The molecule has 1 N–H and O–H groups in total. The Morgan fingerprint density at radius 1 is 1.17 bits per heavy atom. The highest BCUT2D eigenvalue weighted by atomic mass is 19.1. The van der Waals surface area contributed by atoms with Crippen molar-refractivity contribution in [1.29, 1.82) is 0 Å². The fourth-order valence-corrected chi connectivity index (χ4v) is 1.83. The quantitative estimate of drug-likeness (QED) is 0.624. The fraction of sp³-hybridized carbons (Fsp3) is 0.176. The van der Waals surface area contributed by atoms with Crippen LogP contribution in [0.25, 0.3) is 0 Å². The molecule has 0 atom stereocenters. The van der Waals surface area contributed by atoms with Crippen LogP contribution >= 0.6 is 0 Å². The monoisotopic (exact) mass is 334 g/mol. The van der Waals surface area contributed by atoms with Gasteiger partial charge in [0, 0.05) is 11.8 Å². The van der Waals surface area contributed by atoms with E-state index in [-0.39, 0.29) is 12.3 Å². The second-order valence-electron chi connectivity index (χ2n) is 4.72. The summed E-state index contributed by atoms with van der Waals surface area (Å²) in [6.45, 7) is 2.10. The first kappa shape index (κ1) is 17.4. The molecule has 24 heavy (non-hydrogen) atoms. The minimum atomic E-state index is -0.778. The van der Waals surface area contributed by atoms with Crippen molar-refractivity contribution in [3.8, 4) is 5.75 Å². The molecule has 0 unspecified atom stereocenters. The van der Waals surface area contributed by atoms with E-state index in [1.165, 1.54) is 6.21 Å². The predicted octanol–water partition coefficient (Wildman–Crippen LogP) is 3.35. The summed E-state index contributed by atoms with van der Waals surface area (Å²) in [6, 6.07) is 9.87. The van der Waals surface area contributed by atoms with Crippen LogP contribution in [0.5, 0.6) is 5.75 Å². The number of carbonyl (C=O) groups excluding carboxylic acids is 1. The second kappa shape index (κ2) is 8.61. The molecule has 0 spiro atoms. The Balaban J connectivity index is 1.79. The summed E-state index contributed by atoms with van der Waals surface area (Å²) in [7, 11) is 0. The molecule has 0 aliphatic rings. The van der Waals surface area contributed by atoms with Crippen molar-refractivity contribution in [1.82, 2.24) is 0 Å². The lowest BCUT2D eigenvalue weighted by Gasteiger charge is -2.04. The van der Waals surface area contributed by atoms with Crippen LogP contribution < -0.4 is 10.1 Å². The molecular weight excluding hydrogens is 318 g/mol. The zero-order valence-electron chi connectivity index (χ0n) is 13.0. The molecule has 7 heteroatoms. The molecule has 0 aliphatic heterocycles. The van der Waals surface area contributed by atoms with E-state index in [2.05, 4.69) is 10.5 Å². The smallest absolute Gasteiger partial charge is 0.265 e. The van der Waals surface area contributed by atoms with Crippen molar-refractivity contribution in [2.24, 2.45) is 5.16 Å². The van der Waals surface area contributed by atoms with Crippen LogP contribution in [0.3, 0.4) is 0 Å². The number of oxime groups is 1. The number of hydrogen-bond acceptors (Lipinski definition) is 4. The Hall–Kier alpha value is -2.96. The van der Waals surface area contributed by atoms with Crippen LogP contribution in [0.2, 0.25) is 0 Å². The van der Waals surface area contributed by atoms with Gasteiger partial charge in [-0.2, -0.15) is 0 Å². The number of ether oxygens (including phenoxy) is 1. The summed E-state index contributed by atoms with van der Waals surface area (Å²) < 4.78 is 31.3. The standard InChI is InChI=1S/C17H16F2N2O3/c1-2-23-16-5-3-12(4-6-16)10-20-24-11-17(22)21-15-8-13(18)7-14(19)9-15/h3-10H,2,11H2,1H3,(H,21,22)/b20-10+. The fourth-order valence-electron chi connectivity index (χ4n) is 1.83. The maximum atomic E-state index is 13.0. The summed E-state index contributed by atoms with van der Waals surface area (Å²) in [5.41, 5.74) is 0.780. The van der Waals surface area contributed by atoms with Gasteiger partial charge in [0.15, 0.2) is 6.61 Å². The maximum Gasteiger partial charge on any atom is 0.265 e. The first-order valence-corrected chi connectivity index (χ1v) is 7.21. The third kappa shape index (κ3) is 5.68. The topological polar surface area (TPSA) is 59.9 Å². The molecule has 0 saturated heterocycles. The zero-order valence-corrected chi connectivity index (χ0v) is 13.0. The number of amides is 1. The number of anilines is 1. The number of benzene rings is 2. The summed E-state index contributed by atoms with van der Waals surface area (Å²) in [4.78, 5) is 16.4. The normalized spacial score (nSPS) is 10.6. The van der Waals surface area contributed by atoms with Crippen molar-refractivity contribution in [3.63, 3.8) is 0 Å². The molecule has 0 fully saturated rings. The van der Waals surface area contributed by atoms with E-state index in [1.807, 2.05) is 6.92 Å². The van der Waals surface area contributed by atoms with E-state index in [9.17, 15) is 13.6 Å². The second-order valence-corrected chi connectivity index (χ2v) is 4.72. The first-order chi connectivity index (χ1) is 11.6. The van der Waals surface area contributed by atoms with Crippen molar-refractivity contribution >= 4 is 17.8 Å². The molecule has 126 valence electrons. The van der Waals surface area contributed by atoms with Gasteiger partial charge < -0.3 is 14.9 Å². The molecule has 1 amide bonds. The minimum absolute atomic E-state index is 0.0107. The zero-order chi connectivity index (χ0) is 17.4. The van der Waals surface area contributed by atoms with Crippen LogP contribution in [0, 0.1) is 11.6 Å². The summed E-state index contributed by atoms with van der Waals surface area (Å²) >= 11 is 0. The van der Waals surface area contributed by atoms with Crippen LogP contribution in [-0.2, 0) is 9.63 Å². The Morgan fingerprint density at radius 2 is 1.83 bits per heavy atom. The molecule has 0 radical (unpaired) electrons. The number of hydrogen-bond donors (Lipinski definition) is 1. The van der Waals surface area contributed by atoms with Gasteiger partial charge >= 0.3 is 0 Å². The van der Waals surface area contributed by atoms with Gasteiger partial charge in [0.25, 0.3) is 5.91 Å². The van der Waals surface area contributed by atoms with E-state index in [4.69, 9.17) is 9.57 Å². The van der Waals surface area contributed by atoms with Crippen LogP contribution in [0.1, 0.15) is 12.5 Å². The summed E-state index contributed by atoms with van der Waals surface area (Å²) in [5.74, 6) is -1.39. The molecule has 0 aliphatic carbocycles. The van der Waals surface area contributed by atoms with Gasteiger partial charge in [-0.15, -0.1) is 0 Å². The third-order valence-corrected chi connectivity index (χ3v) is 2.81. The van der Waals surface area contributed by atoms with Crippen molar-refractivity contribution in [2.45, 2.75) is 6.92 Å². The van der Waals surface area contributed by atoms with Crippen LogP contribution in [-0.4, -0.2) is 25.3 Å². The van der Waals surface area contributed by atoms with Gasteiger partial charge in [-0.3, -0.25) is 4.79 Å². The predicted molar refractivity (Wildman–Crippen MR) is 86.1 cm³/mol. The van der Waals surface area contributed by atoms with Gasteiger partial charge in [-0.25, -0.2) is 8.78 Å². The molecule has 0 aromatic heterocycles. The highest BCUT2D eigenvalue weighted by Gasteiger charge is 2.05. The lowest BCUT2D eigenvalue weighted by atomic mass is 10.2. The number of nitrogens with one attached hydrogen (secondary N) is 1. The number of nitrogens with zero attached hydrogens (tertiary/aromatic N) is 1. The van der Waals surface area contributed by atoms with Gasteiger partial charge in [-0.1, -0.05) is 5.16 Å². The van der Waals surface area contributed by atoms with E-state index in [1.54, 1.807) is 24.3 Å². The van der Waals surface area contributed by atoms with E-state index >= 15 is 0 Å². The Labute approximate surface area is 137 Å². The lowest BCUT2D eigenvalue weighted by Crippen LogP contribution is -2.17. The van der Waals surface area contributed by atoms with Crippen molar-refractivity contribution < 1.29 is 23.1 Å². The number of rotatable bonds is 7. The van der Waals surface area contributed by atoms with E-state index < -0.39 is 17.5 Å². The van der Waals surface area contributed by atoms with Crippen molar-refractivity contribution in [3.05, 3.63) is 59.7 Å². The highest BCUT2D eigenvalue weighted by Crippen LogP contribution is 2.13. The summed E-state index contributed by atoms with van der Waals surface area (Å²) in [5, 5.41) is 5.97. The molecule has 0 bridgehead atoms.